The number of nitrogens with zero attached hydrogens (tertiary/aromatic N) is 1. The van der Waals surface area contributed by atoms with Gasteiger partial charge >= 0.3 is 5.97 Å². The number of aliphatic carboxylic acids is 1. The Hall–Kier alpha value is -0.320. The van der Waals surface area contributed by atoms with Crippen LogP contribution in [0.15, 0.2) is 0 Å². The minimum atomic E-state index is -0.626. The molecule has 1 aliphatic carbocycles. The zero-order valence-corrected chi connectivity index (χ0v) is 8.89. The van der Waals surface area contributed by atoms with E-state index in [1.54, 1.807) is 0 Å². The van der Waals surface area contributed by atoms with E-state index >= 15 is 0 Å². The fraction of sp³-hybridized carbons (Fsp3) is 0.889. The predicted molar refractivity (Wildman–Crippen MR) is 53.8 cm³/mol. The van der Waals surface area contributed by atoms with Crippen molar-refractivity contribution in [3.05, 3.63) is 0 Å². The van der Waals surface area contributed by atoms with E-state index in [4.69, 9.17) is 9.84 Å². The zero-order valence-electron chi connectivity index (χ0n) is 8.07. The van der Waals surface area contributed by atoms with Crippen LogP contribution in [0.4, 0.5) is 0 Å². The largest absolute Gasteiger partial charge is 0.481 e. The normalized spacial score (nSPS) is 25.1. The van der Waals surface area contributed by atoms with Crippen molar-refractivity contribution in [2.24, 2.45) is 5.41 Å². The molecule has 1 saturated heterocycles. The average Bonchev–Trinajstić information content (AvgIpc) is 2.87. The monoisotopic (exact) mass is 221 g/mol. The average molecular weight is 222 g/mol. The maximum atomic E-state index is 10.9. The van der Waals surface area contributed by atoms with Crippen molar-refractivity contribution in [1.29, 1.82) is 0 Å². The van der Waals surface area contributed by atoms with E-state index < -0.39 is 11.4 Å². The summed E-state index contributed by atoms with van der Waals surface area (Å²) in [6.45, 7) is 3.97. The number of hydrogen-bond donors (Lipinski definition) is 1. The molecule has 1 aliphatic heterocycles. The maximum Gasteiger partial charge on any atom is 0.310 e. The predicted octanol–water partition coefficient (Wildman–Crippen LogP) is 0.605. The summed E-state index contributed by atoms with van der Waals surface area (Å²) in [7, 11) is 0. The molecule has 0 amide bonds. The minimum Gasteiger partial charge on any atom is -0.481 e. The Labute approximate surface area is 89.6 Å². The van der Waals surface area contributed by atoms with E-state index in [2.05, 4.69) is 4.90 Å². The van der Waals surface area contributed by atoms with E-state index in [-0.39, 0.29) is 12.4 Å². The van der Waals surface area contributed by atoms with Crippen LogP contribution in [0.25, 0.3) is 0 Å². The lowest BCUT2D eigenvalue weighted by Gasteiger charge is -2.28. The molecule has 0 aromatic rings. The van der Waals surface area contributed by atoms with Crippen LogP contribution in [0.2, 0.25) is 0 Å². The van der Waals surface area contributed by atoms with Gasteiger partial charge in [0.1, 0.15) is 0 Å². The van der Waals surface area contributed by atoms with Crippen molar-refractivity contribution in [1.82, 2.24) is 4.90 Å². The third kappa shape index (κ3) is 2.38. The summed E-state index contributed by atoms with van der Waals surface area (Å²) in [5.41, 5.74) is -0.405. The molecule has 0 radical (unpaired) electrons. The maximum absolute atomic E-state index is 10.9. The van der Waals surface area contributed by atoms with E-state index in [9.17, 15) is 4.79 Å². The Bertz CT molecular complexity index is 212. The number of halogens is 1. The number of carboxylic acids is 1. The highest BCUT2D eigenvalue weighted by Gasteiger charge is 2.51. The smallest absolute Gasteiger partial charge is 0.310 e. The second-order valence-corrected chi connectivity index (χ2v) is 3.97. The van der Waals surface area contributed by atoms with Gasteiger partial charge in [-0.05, 0) is 12.8 Å². The molecule has 0 atom stereocenters. The summed E-state index contributed by atoms with van der Waals surface area (Å²) >= 11 is 0. The highest BCUT2D eigenvalue weighted by Crippen LogP contribution is 2.46. The lowest BCUT2D eigenvalue weighted by atomic mass is 10.1. The first kappa shape index (κ1) is 11.8. The molecule has 1 N–H and O–H groups in total. The summed E-state index contributed by atoms with van der Waals surface area (Å²) in [5, 5.41) is 8.98. The molecule has 2 fully saturated rings. The second kappa shape index (κ2) is 4.47. The molecule has 1 saturated carbocycles. The summed E-state index contributed by atoms with van der Waals surface area (Å²) in [5.74, 6) is -0.626. The quantitative estimate of drug-likeness (QED) is 0.759. The van der Waals surface area contributed by atoms with Gasteiger partial charge in [-0.3, -0.25) is 9.69 Å². The van der Waals surface area contributed by atoms with Crippen LogP contribution in [0, 0.1) is 5.41 Å². The van der Waals surface area contributed by atoms with Gasteiger partial charge in [0.2, 0.25) is 0 Å². The third-order valence-corrected chi connectivity index (χ3v) is 2.94. The van der Waals surface area contributed by atoms with Gasteiger partial charge in [0.15, 0.2) is 0 Å². The lowest BCUT2D eigenvalue weighted by Crippen LogP contribution is -2.41. The van der Waals surface area contributed by atoms with Crippen molar-refractivity contribution < 1.29 is 14.6 Å². The van der Waals surface area contributed by atoms with Crippen LogP contribution in [0.3, 0.4) is 0 Å². The van der Waals surface area contributed by atoms with Crippen LogP contribution in [0.1, 0.15) is 12.8 Å². The summed E-state index contributed by atoms with van der Waals surface area (Å²) < 4.78 is 5.21. The molecular weight excluding hydrogens is 206 g/mol. The molecule has 82 valence electrons. The summed E-state index contributed by atoms with van der Waals surface area (Å²) in [6, 6.07) is 0. The lowest BCUT2D eigenvalue weighted by molar-refractivity contribution is -0.144. The molecule has 1 heterocycles. The molecular formula is C9H16ClNO3. The van der Waals surface area contributed by atoms with E-state index in [1.807, 2.05) is 0 Å². The van der Waals surface area contributed by atoms with Crippen LogP contribution < -0.4 is 0 Å². The molecule has 4 nitrogen and oxygen atoms in total. The molecule has 0 aromatic carbocycles. The van der Waals surface area contributed by atoms with Gasteiger partial charge in [-0.25, -0.2) is 0 Å². The first-order valence-corrected chi connectivity index (χ1v) is 4.76. The van der Waals surface area contributed by atoms with Crippen LogP contribution in [-0.4, -0.2) is 48.8 Å². The Balaban J connectivity index is 0.000000980. The van der Waals surface area contributed by atoms with Gasteiger partial charge in [-0.2, -0.15) is 0 Å². The molecule has 2 rings (SSSR count). The summed E-state index contributed by atoms with van der Waals surface area (Å²) in [6.07, 6.45) is 1.69. The Morgan fingerprint density at radius 1 is 1.36 bits per heavy atom. The SMILES string of the molecule is Cl.O=C(O)C1(CN2CCOCC2)CC1. The van der Waals surface area contributed by atoms with Gasteiger partial charge in [0.05, 0.1) is 18.6 Å². The standard InChI is InChI=1S/C9H15NO3.ClH/c11-8(12)9(1-2-9)7-10-3-5-13-6-4-10;/h1-7H2,(H,11,12);1H. The van der Waals surface area contributed by atoms with Crippen LogP contribution in [0.5, 0.6) is 0 Å². The topological polar surface area (TPSA) is 49.8 Å². The van der Waals surface area contributed by atoms with Crippen molar-refractivity contribution >= 4 is 18.4 Å². The molecule has 14 heavy (non-hydrogen) atoms. The molecule has 0 unspecified atom stereocenters. The summed E-state index contributed by atoms with van der Waals surface area (Å²) in [4.78, 5) is 13.1. The van der Waals surface area contributed by atoms with Gasteiger partial charge in [0, 0.05) is 19.6 Å². The van der Waals surface area contributed by atoms with E-state index in [1.165, 1.54) is 0 Å². The van der Waals surface area contributed by atoms with Crippen LogP contribution >= 0.6 is 12.4 Å². The highest BCUT2D eigenvalue weighted by atomic mass is 35.5. The van der Waals surface area contributed by atoms with Crippen molar-refractivity contribution in [3.8, 4) is 0 Å². The van der Waals surface area contributed by atoms with E-state index in [0.29, 0.717) is 6.54 Å². The Morgan fingerprint density at radius 3 is 2.36 bits per heavy atom. The first-order valence-electron chi connectivity index (χ1n) is 4.76. The zero-order chi connectivity index (χ0) is 9.31. The number of ether oxygens (including phenoxy) is 1. The van der Waals surface area contributed by atoms with Crippen molar-refractivity contribution in [3.63, 3.8) is 0 Å². The Kier molecular flexibility index (Phi) is 3.75. The fourth-order valence-electron chi connectivity index (χ4n) is 1.78. The van der Waals surface area contributed by atoms with Gasteiger partial charge < -0.3 is 9.84 Å². The molecule has 0 spiro atoms. The number of hydrogen-bond acceptors (Lipinski definition) is 3. The Morgan fingerprint density at radius 2 is 1.93 bits per heavy atom. The highest BCUT2D eigenvalue weighted by molar-refractivity contribution is 5.85. The van der Waals surface area contributed by atoms with Crippen molar-refractivity contribution in [2.45, 2.75) is 12.8 Å². The molecule has 2 aliphatic rings. The number of carboxylic acid groups (broad SMARTS) is 1. The molecule has 0 bridgehead atoms. The van der Waals surface area contributed by atoms with Crippen LogP contribution in [-0.2, 0) is 9.53 Å². The first-order chi connectivity index (χ1) is 6.23. The van der Waals surface area contributed by atoms with Crippen molar-refractivity contribution in [2.75, 3.05) is 32.8 Å². The fourth-order valence-corrected chi connectivity index (χ4v) is 1.78. The van der Waals surface area contributed by atoms with E-state index in [0.717, 1.165) is 39.1 Å². The molecule has 0 aromatic heterocycles. The van der Waals surface area contributed by atoms with Gasteiger partial charge in [-0.1, -0.05) is 0 Å². The number of morpholine rings is 1. The van der Waals surface area contributed by atoms with Gasteiger partial charge in [0.25, 0.3) is 0 Å². The number of rotatable bonds is 3. The van der Waals surface area contributed by atoms with Gasteiger partial charge in [-0.15, -0.1) is 12.4 Å². The molecule has 5 heteroatoms. The third-order valence-electron chi connectivity index (χ3n) is 2.94. The second-order valence-electron chi connectivity index (χ2n) is 3.97. The number of carbonyl (C=O) groups is 1. The minimum absolute atomic E-state index is 0.